The van der Waals surface area contributed by atoms with Gasteiger partial charge in [-0.2, -0.15) is 0 Å². The van der Waals surface area contributed by atoms with Crippen molar-refractivity contribution in [3.05, 3.63) is 59.3 Å². The molecule has 0 aliphatic carbocycles. The van der Waals surface area contributed by atoms with Crippen LogP contribution in [0.3, 0.4) is 0 Å². The lowest BCUT2D eigenvalue weighted by molar-refractivity contribution is -0.149. The molecular weight excluding hydrogens is 411 g/mol. The van der Waals surface area contributed by atoms with Gasteiger partial charge in [-0.25, -0.2) is 4.79 Å². The maximum absolute atomic E-state index is 12.6. The number of carbonyl (C=O) groups is 2. The first-order valence-electron chi connectivity index (χ1n) is 8.31. The molecule has 2 saturated heterocycles. The highest BCUT2D eigenvalue weighted by atomic mass is 35.5. The van der Waals surface area contributed by atoms with Gasteiger partial charge in [-0.05, 0) is 17.2 Å². The van der Waals surface area contributed by atoms with E-state index >= 15 is 0 Å². The van der Waals surface area contributed by atoms with Crippen molar-refractivity contribution in [1.29, 1.82) is 0 Å². The van der Waals surface area contributed by atoms with Crippen molar-refractivity contribution in [1.82, 2.24) is 10.2 Å². The summed E-state index contributed by atoms with van der Waals surface area (Å²) in [4.78, 5) is 25.7. The number of fused-ring (bicyclic) bond motifs is 1. The van der Waals surface area contributed by atoms with E-state index in [0.717, 1.165) is 5.56 Å². The van der Waals surface area contributed by atoms with Gasteiger partial charge in [-0.1, -0.05) is 59.6 Å². The highest BCUT2D eigenvalue weighted by Gasteiger charge is 2.54. The topological polar surface area (TPSA) is 82.2 Å². The number of hydrogen-bond donors (Lipinski definition) is 2. The third-order valence-corrected chi connectivity index (χ3v) is 6.51. The average molecular weight is 427 g/mol. The fourth-order valence-corrected chi connectivity index (χ4v) is 4.82. The summed E-state index contributed by atoms with van der Waals surface area (Å²) in [6.07, 6.45) is 2.77. The maximum Gasteiger partial charge on any atom is 0.352 e. The largest absolute Gasteiger partial charge is 0.477 e. The Balaban J connectivity index is 1.47. The lowest BCUT2D eigenvalue weighted by Crippen LogP contribution is -2.69. The molecule has 3 unspecified atom stereocenters. The van der Waals surface area contributed by atoms with Crippen LogP contribution in [-0.4, -0.2) is 49.7 Å². The Morgan fingerprint density at radius 3 is 2.74 bits per heavy atom. The summed E-state index contributed by atoms with van der Waals surface area (Å²) in [5, 5.41) is 12.6. The number of β-lactam (4-membered cyclic amide) rings is 1. The van der Waals surface area contributed by atoms with Gasteiger partial charge in [0.15, 0.2) is 0 Å². The highest BCUT2D eigenvalue weighted by molar-refractivity contribution is 8.00. The highest BCUT2D eigenvalue weighted by Crippen LogP contribution is 2.46. The first-order chi connectivity index (χ1) is 12.9. The molecule has 0 bridgehead atoms. The molecule has 3 aliphatic heterocycles. The Morgan fingerprint density at radius 2 is 2.11 bits per heavy atom. The number of rotatable bonds is 6. The molecule has 1 amide bonds. The summed E-state index contributed by atoms with van der Waals surface area (Å²) in [5.41, 5.74) is 1.61. The Kier molecular flexibility index (Phi) is 4.98. The summed E-state index contributed by atoms with van der Waals surface area (Å²) in [5.74, 6) is -0.895. The quantitative estimate of drug-likeness (QED) is 0.413. The molecule has 9 heteroatoms. The molecule has 1 aromatic rings. The van der Waals surface area contributed by atoms with Crippen LogP contribution in [0.5, 0.6) is 0 Å². The van der Waals surface area contributed by atoms with Crippen LogP contribution in [0.15, 0.2) is 53.8 Å². The van der Waals surface area contributed by atoms with Crippen molar-refractivity contribution >= 4 is 46.8 Å². The molecule has 0 radical (unpaired) electrons. The van der Waals surface area contributed by atoms with Crippen molar-refractivity contribution in [3.63, 3.8) is 0 Å². The minimum absolute atomic E-state index is 0.00755. The molecule has 27 heavy (non-hydrogen) atoms. The molecule has 2 fully saturated rings. The van der Waals surface area contributed by atoms with Crippen molar-refractivity contribution in [3.8, 4) is 0 Å². The molecule has 3 heterocycles. The van der Waals surface area contributed by atoms with Gasteiger partial charge in [-0.3, -0.25) is 15.0 Å². The van der Waals surface area contributed by atoms with Crippen molar-refractivity contribution in [2.75, 3.05) is 5.75 Å². The van der Waals surface area contributed by atoms with E-state index in [9.17, 15) is 14.7 Å². The number of amides is 1. The van der Waals surface area contributed by atoms with Gasteiger partial charge >= 0.3 is 5.97 Å². The van der Waals surface area contributed by atoms with Crippen LogP contribution in [0, 0.1) is 0 Å². The Morgan fingerprint density at radius 1 is 1.41 bits per heavy atom. The molecule has 3 atom stereocenters. The van der Waals surface area contributed by atoms with Crippen LogP contribution in [0.1, 0.15) is 5.56 Å². The van der Waals surface area contributed by atoms with Gasteiger partial charge < -0.3 is 9.84 Å². The summed E-state index contributed by atoms with van der Waals surface area (Å²) in [7, 11) is 0. The molecule has 3 aliphatic rings. The van der Waals surface area contributed by atoms with Gasteiger partial charge in [0.1, 0.15) is 23.2 Å². The SMILES string of the molecule is O=C(O)C1=C(C=CC2OC2(Cl)Cl)CSC2C(NCc3ccccc3)C(=O)N12. The summed E-state index contributed by atoms with van der Waals surface area (Å²) < 4.78 is 3.80. The number of carboxylic acids is 1. The van der Waals surface area contributed by atoms with E-state index in [-0.39, 0.29) is 17.0 Å². The van der Waals surface area contributed by atoms with Crippen molar-refractivity contribution in [2.24, 2.45) is 0 Å². The van der Waals surface area contributed by atoms with Crippen LogP contribution in [-0.2, 0) is 20.9 Å². The fourth-order valence-electron chi connectivity index (χ4n) is 3.14. The first-order valence-corrected chi connectivity index (χ1v) is 10.1. The number of thioether (sulfide) groups is 1. The summed E-state index contributed by atoms with van der Waals surface area (Å²) in [6, 6.07) is 9.35. The molecule has 6 nitrogen and oxygen atoms in total. The number of alkyl halides is 2. The predicted octanol–water partition coefficient (Wildman–Crippen LogP) is 2.49. The van der Waals surface area contributed by atoms with Crippen LogP contribution in [0.4, 0.5) is 0 Å². The molecule has 0 spiro atoms. The lowest BCUT2D eigenvalue weighted by Gasteiger charge is -2.49. The lowest BCUT2D eigenvalue weighted by atomic mass is 10.0. The number of aliphatic carboxylic acids is 1. The molecule has 1 aromatic carbocycles. The first kappa shape index (κ1) is 18.8. The normalized spacial score (nSPS) is 28.9. The minimum Gasteiger partial charge on any atom is -0.477 e. The van der Waals surface area contributed by atoms with Gasteiger partial charge in [0.05, 0.1) is 0 Å². The number of ether oxygens (including phenoxy) is 1. The zero-order valence-electron chi connectivity index (χ0n) is 14.0. The van der Waals surface area contributed by atoms with E-state index in [1.54, 1.807) is 12.2 Å². The summed E-state index contributed by atoms with van der Waals surface area (Å²) in [6.45, 7) is 0.549. The summed E-state index contributed by atoms with van der Waals surface area (Å²) >= 11 is 13.1. The Bertz CT molecular complexity index is 843. The molecule has 0 saturated carbocycles. The van der Waals surface area contributed by atoms with E-state index in [1.807, 2.05) is 30.3 Å². The molecule has 2 N–H and O–H groups in total. The number of allylic oxidation sites excluding steroid dienone is 1. The molecule has 4 rings (SSSR count). The van der Waals surface area contributed by atoms with E-state index in [0.29, 0.717) is 17.9 Å². The van der Waals surface area contributed by atoms with Crippen molar-refractivity contribution in [2.45, 2.75) is 28.6 Å². The predicted molar refractivity (Wildman–Crippen MR) is 103 cm³/mol. The van der Waals surface area contributed by atoms with Gasteiger partial charge in [0.25, 0.3) is 0 Å². The van der Waals surface area contributed by atoms with Gasteiger partial charge in [0, 0.05) is 12.3 Å². The molecule has 142 valence electrons. The zero-order valence-corrected chi connectivity index (χ0v) is 16.3. The second-order valence-corrected chi connectivity index (χ2v) is 8.81. The Hall–Kier alpha value is -1.51. The second-order valence-electron chi connectivity index (χ2n) is 6.39. The number of nitrogens with zero attached hydrogens (tertiary/aromatic N) is 1. The van der Waals surface area contributed by atoms with E-state index in [4.69, 9.17) is 27.9 Å². The second kappa shape index (κ2) is 7.14. The van der Waals surface area contributed by atoms with Crippen LogP contribution < -0.4 is 5.32 Å². The third kappa shape index (κ3) is 3.62. The zero-order chi connectivity index (χ0) is 19.2. The number of epoxide rings is 1. The number of benzene rings is 1. The third-order valence-electron chi connectivity index (χ3n) is 4.60. The monoisotopic (exact) mass is 426 g/mol. The van der Waals surface area contributed by atoms with Gasteiger partial charge in [0.2, 0.25) is 10.4 Å². The van der Waals surface area contributed by atoms with Crippen LogP contribution in [0.25, 0.3) is 0 Å². The Labute approximate surface area is 170 Å². The van der Waals surface area contributed by atoms with Crippen LogP contribution in [0.2, 0.25) is 0 Å². The number of nitrogens with one attached hydrogen (secondary N) is 1. The molecule has 0 aromatic heterocycles. The van der Waals surface area contributed by atoms with E-state index < -0.39 is 22.6 Å². The van der Waals surface area contributed by atoms with Crippen molar-refractivity contribution < 1.29 is 19.4 Å². The van der Waals surface area contributed by atoms with E-state index in [2.05, 4.69) is 5.32 Å². The van der Waals surface area contributed by atoms with E-state index in [1.165, 1.54) is 16.7 Å². The number of hydrogen-bond acceptors (Lipinski definition) is 5. The smallest absolute Gasteiger partial charge is 0.352 e. The number of halogens is 2. The van der Waals surface area contributed by atoms with Gasteiger partial charge in [-0.15, -0.1) is 11.8 Å². The molecular formula is C18H16Cl2N2O4S. The fraction of sp³-hybridized carbons (Fsp3) is 0.333. The maximum atomic E-state index is 12.6. The number of carboxylic acid groups (broad SMARTS) is 1. The standard InChI is InChI=1S/C18H16Cl2N2O4S/c19-18(20)12(26-18)7-6-11-9-27-16-13(15(23)22(16)14(11)17(24)25)21-8-10-4-2-1-3-5-10/h1-7,12-13,16,21H,8-9H2,(H,24,25). The van der Waals surface area contributed by atoms with Crippen LogP contribution >= 0.6 is 35.0 Å². The minimum atomic E-state index is -1.25. The number of carbonyl (C=O) groups excluding carboxylic acids is 1. The average Bonchev–Trinajstić information content (AvgIpc) is 3.26.